The van der Waals surface area contributed by atoms with Gasteiger partial charge in [-0.25, -0.2) is 0 Å². The van der Waals surface area contributed by atoms with E-state index in [-0.39, 0.29) is 25.7 Å². The van der Waals surface area contributed by atoms with Gasteiger partial charge >= 0.3 is 5.97 Å². The van der Waals surface area contributed by atoms with Gasteiger partial charge in [0.05, 0.1) is 0 Å². The molecule has 0 heterocycles. The molecule has 1 aliphatic carbocycles. The Kier molecular flexibility index (Phi) is 11.0. The van der Waals surface area contributed by atoms with E-state index in [1.165, 1.54) is 5.56 Å². The van der Waals surface area contributed by atoms with Crippen LogP contribution in [-0.4, -0.2) is 40.9 Å². The van der Waals surface area contributed by atoms with Crippen LogP contribution in [0, 0.1) is 0 Å². The first kappa shape index (κ1) is 31.0. The Morgan fingerprint density at radius 1 is 0.814 bits per heavy atom. The number of aliphatic carboxylic acids is 1. The molecular formula is C35H37N3O5. The van der Waals surface area contributed by atoms with E-state index in [2.05, 4.69) is 53.1 Å². The van der Waals surface area contributed by atoms with E-state index in [0.717, 1.165) is 28.7 Å². The number of hydrogen-bond acceptors (Lipinski definition) is 4. The third kappa shape index (κ3) is 9.53. The van der Waals surface area contributed by atoms with Crippen LogP contribution in [0.4, 0.5) is 0 Å². The third-order valence-electron chi connectivity index (χ3n) is 7.50. The van der Waals surface area contributed by atoms with Crippen molar-refractivity contribution in [2.45, 2.75) is 56.5 Å². The number of carbonyl (C=O) groups is 4. The highest BCUT2D eigenvalue weighted by molar-refractivity contribution is 5.92. The summed E-state index contributed by atoms with van der Waals surface area (Å²) in [6, 6.07) is 25.4. The zero-order chi connectivity index (χ0) is 30.6. The first-order chi connectivity index (χ1) is 20.8. The molecule has 0 fully saturated rings. The monoisotopic (exact) mass is 579 g/mol. The molecule has 43 heavy (non-hydrogen) atoms. The average molecular weight is 580 g/mol. The number of aryl methyl sites for hydroxylation is 1. The molecule has 3 atom stereocenters. The number of nitrogens with one attached hydrogen (secondary N) is 2. The van der Waals surface area contributed by atoms with Gasteiger partial charge in [0.25, 0.3) is 0 Å². The molecule has 5 N–H and O–H groups in total. The summed E-state index contributed by atoms with van der Waals surface area (Å²) in [6.07, 6.45) is 7.84. The molecule has 0 spiro atoms. The Morgan fingerprint density at radius 2 is 1.49 bits per heavy atom. The maximum Gasteiger partial charge on any atom is 0.303 e. The first-order valence-electron chi connectivity index (χ1n) is 14.5. The molecule has 4 rings (SSSR count). The molecule has 0 aromatic heterocycles. The van der Waals surface area contributed by atoms with E-state index >= 15 is 0 Å². The van der Waals surface area contributed by atoms with Crippen molar-refractivity contribution in [1.82, 2.24) is 10.6 Å². The second-order valence-corrected chi connectivity index (χ2v) is 10.7. The van der Waals surface area contributed by atoms with Crippen molar-refractivity contribution in [3.05, 3.63) is 125 Å². The molecule has 8 nitrogen and oxygen atoms in total. The van der Waals surface area contributed by atoms with Gasteiger partial charge in [-0.1, -0.05) is 103 Å². The number of benzene rings is 3. The molecule has 0 bridgehead atoms. The SMILES string of the molecule is NC(=O)[C@H](Cc1ccccc1)NC(=O)C(CCC(=O)O)NC(=O)CCc1ccc(C2=CCC(c3ccccc3)C=C2)cc1. The zero-order valence-corrected chi connectivity index (χ0v) is 23.9. The molecule has 1 aliphatic rings. The average Bonchev–Trinajstić information content (AvgIpc) is 3.02. The van der Waals surface area contributed by atoms with Crippen molar-refractivity contribution in [3.63, 3.8) is 0 Å². The summed E-state index contributed by atoms with van der Waals surface area (Å²) in [5.74, 6) is -2.49. The van der Waals surface area contributed by atoms with Gasteiger partial charge in [-0.2, -0.15) is 0 Å². The highest BCUT2D eigenvalue weighted by Gasteiger charge is 2.26. The van der Waals surface area contributed by atoms with Crippen LogP contribution in [0.1, 0.15) is 53.9 Å². The van der Waals surface area contributed by atoms with Crippen molar-refractivity contribution in [2.75, 3.05) is 0 Å². The molecule has 0 saturated heterocycles. The Labute approximate surface area is 251 Å². The Morgan fingerprint density at radius 3 is 2.09 bits per heavy atom. The lowest BCUT2D eigenvalue weighted by Crippen LogP contribution is -2.53. The van der Waals surface area contributed by atoms with Gasteiger partial charge in [0, 0.05) is 25.2 Å². The molecule has 3 aromatic carbocycles. The third-order valence-corrected chi connectivity index (χ3v) is 7.50. The Bertz CT molecular complexity index is 1470. The quantitative estimate of drug-likeness (QED) is 0.226. The van der Waals surface area contributed by atoms with Crippen LogP contribution in [0.15, 0.2) is 103 Å². The van der Waals surface area contributed by atoms with Crippen LogP contribution in [0.2, 0.25) is 0 Å². The topological polar surface area (TPSA) is 139 Å². The van der Waals surface area contributed by atoms with Gasteiger partial charge in [0.15, 0.2) is 0 Å². The molecule has 0 radical (unpaired) electrons. The van der Waals surface area contributed by atoms with Crippen LogP contribution in [0.3, 0.4) is 0 Å². The number of nitrogens with two attached hydrogens (primary N) is 1. The predicted molar refractivity (Wildman–Crippen MR) is 166 cm³/mol. The number of carbonyl (C=O) groups excluding carboxylic acids is 3. The van der Waals surface area contributed by atoms with Gasteiger partial charge < -0.3 is 21.5 Å². The van der Waals surface area contributed by atoms with Crippen LogP contribution in [0.5, 0.6) is 0 Å². The molecule has 0 aliphatic heterocycles. The van der Waals surface area contributed by atoms with Crippen molar-refractivity contribution in [1.29, 1.82) is 0 Å². The van der Waals surface area contributed by atoms with Crippen LogP contribution in [0.25, 0.3) is 5.57 Å². The minimum Gasteiger partial charge on any atom is -0.481 e. The lowest BCUT2D eigenvalue weighted by Gasteiger charge is -2.22. The fourth-order valence-electron chi connectivity index (χ4n) is 5.05. The zero-order valence-electron chi connectivity index (χ0n) is 23.9. The number of allylic oxidation sites excluding steroid dienone is 4. The van der Waals surface area contributed by atoms with Gasteiger partial charge in [-0.3, -0.25) is 19.2 Å². The van der Waals surface area contributed by atoms with Crippen molar-refractivity contribution in [2.24, 2.45) is 5.73 Å². The van der Waals surface area contributed by atoms with Crippen LogP contribution in [-0.2, 0) is 32.0 Å². The van der Waals surface area contributed by atoms with Gasteiger partial charge in [0.1, 0.15) is 12.1 Å². The van der Waals surface area contributed by atoms with Gasteiger partial charge in [0.2, 0.25) is 17.7 Å². The molecular weight excluding hydrogens is 542 g/mol. The molecule has 0 saturated carbocycles. The molecule has 3 aromatic rings. The van der Waals surface area contributed by atoms with E-state index in [4.69, 9.17) is 10.8 Å². The van der Waals surface area contributed by atoms with Gasteiger partial charge in [-0.05, 0) is 47.1 Å². The van der Waals surface area contributed by atoms with Crippen LogP contribution >= 0.6 is 0 Å². The summed E-state index contributed by atoms with van der Waals surface area (Å²) in [7, 11) is 0. The summed E-state index contributed by atoms with van der Waals surface area (Å²) >= 11 is 0. The number of rotatable bonds is 14. The van der Waals surface area contributed by atoms with Gasteiger partial charge in [-0.15, -0.1) is 0 Å². The van der Waals surface area contributed by atoms with Crippen molar-refractivity contribution < 1.29 is 24.3 Å². The number of primary amides is 1. The van der Waals surface area contributed by atoms with E-state index in [1.807, 2.05) is 60.7 Å². The van der Waals surface area contributed by atoms with E-state index in [9.17, 15) is 19.2 Å². The number of carboxylic acid groups (broad SMARTS) is 1. The van der Waals surface area contributed by atoms with Crippen molar-refractivity contribution in [3.8, 4) is 0 Å². The number of carboxylic acids is 1. The molecule has 3 amide bonds. The second kappa shape index (κ2) is 15.3. The summed E-state index contributed by atoms with van der Waals surface area (Å²) in [5.41, 5.74) is 10.8. The lowest BCUT2D eigenvalue weighted by atomic mass is 9.88. The predicted octanol–water partition coefficient (Wildman–Crippen LogP) is 4.31. The fraction of sp³-hybridized carbons (Fsp3) is 0.257. The maximum atomic E-state index is 13.0. The molecule has 2 unspecified atom stereocenters. The summed E-state index contributed by atoms with van der Waals surface area (Å²) < 4.78 is 0. The van der Waals surface area contributed by atoms with E-state index in [0.29, 0.717) is 12.3 Å². The largest absolute Gasteiger partial charge is 0.481 e. The number of hydrogen-bond donors (Lipinski definition) is 4. The summed E-state index contributed by atoms with van der Waals surface area (Å²) in [4.78, 5) is 49.0. The Balaban J connectivity index is 1.30. The summed E-state index contributed by atoms with van der Waals surface area (Å²) in [5, 5.41) is 14.4. The first-order valence-corrected chi connectivity index (χ1v) is 14.5. The number of amides is 3. The standard InChI is InChI=1S/C35H37N3O5/c36-34(42)31(23-25-7-3-1-4-8-25)38-35(43)30(20-22-33(40)41)37-32(39)21-13-24-11-14-27(15-12-24)29-18-16-28(17-19-29)26-9-5-2-6-10-26/h1-12,14-16,18-19,28,30-31H,13,17,20-23H2,(H2,36,42)(H,37,39)(H,38,43)(H,40,41)/t28?,30?,31-/m0/s1. The highest BCUT2D eigenvalue weighted by atomic mass is 16.4. The molecule has 8 heteroatoms. The smallest absolute Gasteiger partial charge is 0.303 e. The Hall–Kier alpha value is -4.98. The highest BCUT2D eigenvalue weighted by Crippen LogP contribution is 2.30. The van der Waals surface area contributed by atoms with E-state index < -0.39 is 35.8 Å². The minimum absolute atomic E-state index is 0.112. The lowest BCUT2D eigenvalue weighted by molar-refractivity contribution is -0.138. The normalized spacial score (nSPS) is 15.5. The molecule has 222 valence electrons. The summed E-state index contributed by atoms with van der Waals surface area (Å²) in [6.45, 7) is 0. The second-order valence-electron chi connectivity index (χ2n) is 10.7. The maximum absolute atomic E-state index is 13.0. The van der Waals surface area contributed by atoms with Crippen LogP contribution < -0.4 is 16.4 Å². The fourth-order valence-corrected chi connectivity index (χ4v) is 5.05. The van der Waals surface area contributed by atoms with Crippen molar-refractivity contribution >= 4 is 29.3 Å². The minimum atomic E-state index is -1.12. The van der Waals surface area contributed by atoms with E-state index in [1.54, 1.807) is 0 Å².